The second kappa shape index (κ2) is 7.79. The molecule has 0 saturated heterocycles. The van der Waals surface area contributed by atoms with Crippen LogP contribution < -0.4 is 0 Å². The number of hydrogen-bond acceptors (Lipinski definition) is 3. The zero-order chi connectivity index (χ0) is 17.8. The van der Waals surface area contributed by atoms with Gasteiger partial charge in [0.05, 0.1) is 23.4 Å². The number of nitrogens with zero attached hydrogens (tertiary/aromatic N) is 1. The van der Waals surface area contributed by atoms with E-state index in [1.54, 1.807) is 0 Å². The molecule has 4 heteroatoms. The smallest absolute Gasteiger partial charge is 0.338 e. The molecular weight excluding hydrogens is 378 g/mol. The molecule has 0 atom stereocenters. The molecule has 0 fully saturated rings. The lowest BCUT2D eigenvalue weighted by molar-refractivity contribution is 0.0502. The Morgan fingerprint density at radius 2 is 1.88 bits per heavy atom. The number of benzene rings is 2. The maximum atomic E-state index is 12.6. The molecule has 1 aromatic heterocycles. The molecule has 2 aromatic carbocycles. The van der Waals surface area contributed by atoms with Crippen LogP contribution in [0.2, 0.25) is 0 Å². The standard InChI is InChI=1S/C21H20BrNO2/c1-3-4-11-25-21(24)18-13-20(15-7-5-14(2)6-8-15)23-19-10-9-16(22)12-17(18)19/h5-10,12-13H,3-4,11H2,1-2H3. The predicted molar refractivity (Wildman–Crippen MR) is 105 cm³/mol. The molecule has 0 spiro atoms. The lowest BCUT2D eigenvalue weighted by atomic mass is 10.0. The topological polar surface area (TPSA) is 39.2 Å². The normalized spacial score (nSPS) is 10.8. The van der Waals surface area contributed by atoms with Gasteiger partial charge in [-0.1, -0.05) is 59.1 Å². The first-order valence-electron chi connectivity index (χ1n) is 8.43. The van der Waals surface area contributed by atoms with Gasteiger partial charge < -0.3 is 4.74 Å². The Morgan fingerprint density at radius 3 is 2.60 bits per heavy atom. The van der Waals surface area contributed by atoms with E-state index in [0.717, 1.165) is 39.5 Å². The highest BCUT2D eigenvalue weighted by Crippen LogP contribution is 2.28. The fourth-order valence-electron chi connectivity index (χ4n) is 2.63. The van der Waals surface area contributed by atoms with E-state index in [4.69, 9.17) is 9.72 Å². The molecule has 0 N–H and O–H groups in total. The number of carbonyl (C=O) groups is 1. The Balaban J connectivity index is 2.09. The number of esters is 1. The van der Waals surface area contributed by atoms with Crippen LogP contribution in [0.4, 0.5) is 0 Å². The van der Waals surface area contributed by atoms with Crippen LogP contribution in [-0.2, 0) is 4.74 Å². The summed E-state index contributed by atoms with van der Waals surface area (Å²) >= 11 is 3.47. The van der Waals surface area contributed by atoms with Gasteiger partial charge in [-0.15, -0.1) is 0 Å². The van der Waals surface area contributed by atoms with E-state index in [2.05, 4.69) is 22.9 Å². The summed E-state index contributed by atoms with van der Waals surface area (Å²) in [6.45, 7) is 4.56. The second-order valence-corrected chi connectivity index (χ2v) is 6.99. The van der Waals surface area contributed by atoms with Crippen LogP contribution in [0, 0.1) is 6.92 Å². The first kappa shape index (κ1) is 17.6. The van der Waals surface area contributed by atoms with E-state index in [9.17, 15) is 4.79 Å². The van der Waals surface area contributed by atoms with Gasteiger partial charge in [-0.3, -0.25) is 0 Å². The fourth-order valence-corrected chi connectivity index (χ4v) is 2.99. The van der Waals surface area contributed by atoms with Gasteiger partial charge in [0.1, 0.15) is 0 Å². The van der Waals surface area contributed by atoms with Gasteiger partial charge in [-0.2, -0.15) is 0 Å². The van der Waals surface area contributed by atoms with Gasteiger partial charge in [-0.25, -0.2) is 9.78 Å². The average Bonchev–Trinajstić information content (AvgIpc) is 2.61. The number of ether oxygens (including phenoxy) is 1. The van der Waals surface area contributed by atoms with Crippen LogP contribution in [-0.4, -0.2) is 17.6 Å². The number of fused-ring (bicyclic) bond motifs is 1. The summed E-state index contributed by atoms with van der Waals surface area (Å²) in [5.74, 6) is -0.299. The molecule has 0 radical (unpaired) electrons. The molecule has 1 heterocycles. The van der Waals surface area contributed by atoms with E-state index in [1.165, 1.54) is 5.56 Å². The van der Waals surface area contributed by atoms with E-state index in [-0.39, 0.29) is 5.97 Å². The molecule has 0 aliphatic rings. The molecule has 0 saturated carbocycles. The van der Waals surface area contributed by atoms with Crippen molar-refractivity contribution < 1.29 is 9.53 Å². The zero-order valence-corrected chi connectivity index (χ0v) is 16.0. The van der Waals surface area contributed by atoms with Gasteiger partial charge in [0.2, 0.25) is 0 Å². The highest BCUT2D eigenvalue weighted by atomic mass is 79.9. The van der Waals surface area contributed by atoms with Gasteiger partial charge in [-0.05, 0) is 37.6 Å². The minimum atomic E-state index is -0.299. The molecule has 0 unspecified atom stereocenters. The maximum Gasteiger partial charge on any atom is 0.338 e. The second-order valence-electron chi connectivity index (χ2n) is 6.07. The highest BCUT2D eigenvalue weighted by Gasteiger charge is 2.15. The van der Waals surface area contributed by atoms with Crippen molar-refractivity contribution in [2.75, 3.05) is 6.61 Å². The Hall–Kier alpha value is -2.20. The predicted octanol–water partition coefficient (Wildman–Crippen LogP) is 5.93. The van der Waals surface area contributed by atoms with Crippen LogP contribution in [0.5, 0.6) is 0 Å². The lowest BCUT2D eigenvalue weighted by Crippen LogP contribution is -2.08. The summed E-state index contributed by atoms with van der Waals surface area (Å²) in [5.41, 5.74) is 4.28. The summed E-state index contributed by atoms with van der Waals surface area (Å²) in [4.78, 5) is 17.3. The van der Waals surface area contributed by atoms with Gasteiger partial charge >= 0.3 is 5.97 Å². The molecule has 0 aliphatic heterocycles. The molecule has 128 valence electrons. The van der Waals surface area contributed by atoms with E-state index in [1.807, 2.05) is 55.5 Å². The van der Waals surface area contributed by atoms with Crippen molar-refractivity contribution >= 4 is 32.8 Å². The SMILES string of the molecule is CCCCOC(=O)c1cc(-c2ccc(C)cc2)nc2ccc(Br)cc12. The molecule has 3 aromatic rings. The third-order valence-electron chi connectivity index (χ3n) is 4.07. The van der Waals surface area contributed by atoms with Gasteiger partial charge in [0, 0.05) is 15.4 Å². The number of rotatable bonds is 5. The van der Waals surface area contributed by atoms with Crippen molar-refractivity contribution in [3.05, 3.63) is 64.1 Å². The minimum Gasteiger partial charge on any atom is -0.462 e. The summed E-state index contributed by atoms with van der Waals surface area (Å²) in [7, 11) is 0. The summed E-state index contributed by atoms with van der Waals surface area (Å²) < 4.78 is 6.35. The monoisotopic (exact) mass is 397 g/mol. The molecule has 0 aliphatic carbocycles. The third-order valence-corrected chi connectivity index (χ3v) is 4.56. The van der Waals surface area contributed by atoms with Crippen molar-refractivity contribution in [2.45, 2.75) is 26.7 Å². The Labute approximate surface area is 156 Å². The molecular formula is C21H20BrNO2. The molecule has 3 nitrogen and oxygen atoms in total. The van der Waals surface area contributed by atoms with Gasteiger partial charge in [0.25, 0.3) is 0 Å². The van der Waals surface area contributed by atoms with Crippen LogP contribution in [0.1, 0.15) is 35.7 Å². The van der Waals surface area contributed by atoms with E-state index >= 15 is 0 Å². The molecule has 3 rings (SSSR count). The van der Waals surface area contributed by atoms with Crippen LogP contribution in [0.15, 0.2) is 53.0 Å². The quantitative estimate of drug-likeness (QED) is 0.395. The number of aromatic nitrogens is 1. The number of aryl methyl sites for hydroxylation is 1. The summed E-state index contributed by atoms with van der Waals surface area (Å²) in [6, 6.07) is 15.7. The van der Waals surface area contributed by atoms with Crippen molar-refractivity contribution in [3.8, 4) is 11.3 Å². The van der Waals surface area contributed by atoms with Gasteiger partial charge in [0.15, 0.2) is 0 Å². The molecule has 0 bridgehead atoms. The minimum absolute atomic E-state index is 0.299. The van der Waals surface area contributed by atoms with Crippen molar-refractivity contribution in [1.82, 2.24) is 4.98 Å². The molecule has 25 heavy (non-hydrogen) atoms. The first-order chi connectivity index (χ1) is 12.1. The highest BCUT2D eigenvalue weighted by molar-refractivity contribution is 9.10. The van der Waals surface area contributed by atoms with Crippen molar-refractivity contribution in [1.29, 1.82) is 0 Å². The largest absolute Gasteiger partial charge is 0.462 e. The fraction of sp³-hybridized carbons (Fsp3) is 0.238. The number of carbonyl (C=O) groups excluding carboxylic acids is 1. The third kappa shape index (κ3) is 4.07. The Kier molecular flexibility index (Phi) is 5.49. The number of hydrogen-bond donors (Lipinski definition) is 0. The zero-order valence-electron chi connectivity index (χ0n) is 14.4. The Bertz CT molecular complexity index is 904. The van der Waals surface area contributed by atoms with Crippen LogP contribution in [0.3, 0.4) is 0 Å². The van der Waals surface area contributed by atoms with Crippen LogP contribution >= 0.6 is 15.9 Å². The van der Waals surface area contributed by atoms with E-state index in [0.29, 0.717) is 12.2 Å². The number of pyridine rings is 1. The number of halogens is 1. The Morgan fingerprint density at radius 1 is 1.12 bits per heavy atom. The van der Waals surface area contributed by atoms with Crippen LogP contribution in [0.25, 0.3) is 22.2 Å². The molecule has 0 amide bonds. The number of unbranched alkanes of at least 4 members (excludes halogenated alkanes) is 1. The summed E-state index contributed by atoms with van der Waals surface area (Å²) in [6.07, 6.45) is 1.85. The van der Waals surface area contributed by atoms with E-state index < -0.39 is 0 Å². The maximum absolute atomic E-state index is 12.6. The summed E-state index contributed by atoms with van der Waals surface area (Å²) in [5, 5.41) is 0.798. The van der Waals surface area contributed by atoms with Crippen molar-refractivity contribution in [2.24, 2.45) is 0 Å². The first-order valence-corrected chi connectivity index (χ1v) is 9.22. The lowest BCUT2D eigenvalue weighted by Gasteiger charge is -2.10. The average molecular weight is 398 g/mol. The van der Waals surface area contributed by atoms with Crippen molar-refractivity contribution in [3.63, 3.8) is 0 Å².